The van der Waals surface area contributed by atoms with Gasteiger partial charge in [-0.2, -0.15) is 0 Å². The van der Waals surface area contributed by atoms with Gasteiger partial charge >= 0.3 is 5.97 Å². The number of hydrogen-bond acceptors (Lipinski definition) is 3. The molecule has 3 nitrogen and oxygen atoms in total. The zero-order chi connectivity index (χ0) is 14.5. The van der Waals surface area contributed by atoms with Crippen LogP contribution in [0.1, 0.15) is 44.1 Å². The van der Waals surface area contributed by atoms with E-state index < -0.39 is 0 Å². The predicted molar refractivity (Wildman–Crippen MR) is 82.7 cm³/mol. The number of carbonyl (C=O) groups is 1. The molecule has 0 unspecified atom stereocenters. The summed E-state index contributed by atoms with van der Waals surface area (Å²) in [5.74, 6) is 1.40. The van der Waals surface area contributed by atoms with Gasteiger partial charge in [0.1, 0.15) is 12.6 Å². The van der Waals surface area contributed by atoms with E-state index in [1.807, 2.05) is 30.3 Å². The van der Waals surface area contributed by atoms with Crippen molar-refractivity contribution in [2.45, 2.75) is 51.2 Å². The molecule has 1 saturated heterocycles. The second-order valence-electron chi connectivity index (χ2n) is 6.45. The molecule has 0 spiro atoms. The summed E-state index contributed by atoms with van der Waals surface area (Å²) in [6.07, 6.45) is 7.77. The Morgan fingerprint density at radius 3 is 2.62 bits per heavy atom. The maximum absolute atomic E-state index is 12.2. The van der Waals surface area contributed by atoms with Crippen LogP contribution >= 0.6 is 0 Å². The van der Waals surface area contributed by atoms with E-state index in [0.29, 0.717) is 12.5 Å². The first kappa shape index (κ1) is 14.6. The number of hydrogen-bond donors (Lipinski definition) is 1. The number of ether oxygens (including phenoxy) is 1. The number of esters is 1. The number of nitrogens with one attached hydrogen (secondary N) is 1. The molecule has 1 heterocycles. The van der Waals surface area contributed by atoms with Gasteiger partial charge in [0.25, 0.3) is 0 Å². The average Bonchev–Trinajstić information content (AvgIpc) is 3.04. The van der Waals surface area contributed by atoms with Gasteiger partial charge in [-0.15, -0.1) is 0 Å². The van der Waals surface area contributed by atoms with Crippen LogP contribution in [-0.4, -0.2) is 18.6 Å². The predicted octanol–water partition coefficient (Wildman–Crippen LogP) is 3.29. The second kappa shape index (κ2) is 7.08. The molecule has 1 aromatic rings. The lowest BCUT2D eigenvalue weighted by atomic mass is 9.79. The number of rotatable bonds is 4. The van der Waals surface area contributed by atoms with Crippen molar-refractivity contribution in [2.75, 3.05) is 6.54 Å². The lowest BCUT2D eigenvalue weighted by Crippen LogP contribution is -2.32. The third kappa shape index (κ3) is 3.85. The van der Waals surface area contributed by atoms with Crippen LogP contribution in [0.5, 0.6) is 0 Å². The molecule has 0 amide bonds. The molecule has 2 atom stereocenters. The SMILES string of the molecule is O=C(OCc1ccccc1)[C@@H]1C[C@@H](C2CCCCC2)CN1. The Morgan fingerprint density at radius 2 is 1.86 bits per heavy atom. The van der Waals surface area contributed by atoms with Gasteiger partial charge in [-0.05, 0) is 30.4 Å². The number of benzene rings is 1. The molecular formula is C18H25NO2. The van der Waals surface area contributed by atoms with Crippen LogP contribution in [0, 0.1) is 11.8 Å². The molecule has 1 N–H and O–H groups in total. The molecule has 1 aliphatic heterocycles. The van der Waals surface area contributed by atoms with E-state index in [9.17, 15) is 4.79 Å². The summed E-state index contributed by atoms with van der Waals surface area (Å²) in [4.78, 5) is 12.2. The quantitative estimate of drug-likeness (QED) is 0.864. The van der Waals surface area contributed by atoms with Gasteiger partial charge in [0.2, 0.25) is 0 Å². The van der Waals surface area contributed by atoms with Gasteiger partial charge in [-0.3, -0.25) is 4.79 Å². The van der Waals surface area contributed by atoms with Crippen molar-refractivity contribution in [2.24, 2.45) is 11.8 Å². The molecule has 0 aromatic heterocycles. The third-order valence-electron chi connectivity index (χ3n) is 4.99. The van der Waals surface area contributed by atoms with Crippen LogP contribution < -0.4 is 5.32 Å². The van der Waals surface area contributed by atoms with E-state index in [4.69, 9.17) is 4.74 Å². The van der Waals surface area contributed by atoms with Gasteiger partial charge in [0.05, 0.1) is 0 Å². The summed E-state index contributed by atoms with van der Waals surface area (Å²) in [5.41, 5.74) is 1.05. The van der Waals surface area contributed by atoms with Crippen molar-refractivity contribution in [3.8, 4) is 0 Å². The van der Waals surface area contributed by atoms with Gasteiger partial charge in [-0.1, -0.05) is 62.4 Å². The minimum atomic E-state index is -0.0966. The highest BCUT2D eigenvalue weighted by Gasteiger charge is 2.35. The fourth-order valence-electron chi connectivity index (χ4n) is 3.74. The van der Waals surface area contributed by atoms with Crippen LogP contribution in [0.2, 0.25) is 0 Å². The van der Waals surface area contributed by atoms with Crippen molar-refractivity contribution >= 4 is 5.97 Å². The minimum absolute atomic E-state index is 0.0860. The Labute approximate surface area is 127 Å². The van der Waals surface area contributed by atoms with Crippen LogP contribution in [0.4, 0.5) is 0 Å². The zero-order valence-corrected chi connectivity index (χ0v) is 12.6. The van der Waals surface area contributed by atoms with Gasteiger partial charge < -0.3 is 10.1 Å². The molecule has 0 bridgehead atoms. The first-order valence-electron chi connectivity index (χ1n) is 8.27. The topological polar surface area (TPSA) is 38.3 Å². The van der Waals surface area contributed by atoms with Crippen LogP contribution in [0.3, 0.4) is 0 Å². The summed E-state index contributed by atoms with van der Waals surface area (Å²) in [7, 11) is 0. The third-order valence-corrected chi connectivity index (χ3v) is 4.99. The standard InChI is InChI=1S/C18H25NO2/c20-18(21-13-14-7-3-1-4-8-14)17-11-16(12-19-17)15-9-5-2-6-10-15/h1,3-4,7-8,15-17,19H,2,5-6,9-13H2/t16-,17+/m1/s1. The molecule has 3 rings (SSSR count). The van der Waals surface area contributed by atoms with Crippen LogP contribution in [-0.2, 0) is 16.1 Å². The van der Waals surface area contributed by atoms with Crippen molar-refractivity contribution in [3.05, 3.63) is 35.9 Å². The van der Waals surface area contributed by atoms with Crippen LogP contribution in [0.15, 0.2) is 30.3 Å². The average molecular weight is 287 g/mol. The van der Waals surface area contributed by atoms with Crippen molar-refractivity contribution in [3.63, 3.8) is 0 Å². The van der Waals surface area contributed by atoms with E-state index in [0.717, 1.165) is 24.4 Å². The molecule has 2 aliphatic rings. The summed E-state index contributed by atoms with van der Waals surface area (Å²) in [6, 6.07) is 9.78. The Hall–Kier alpha value is -1.35. The summed E-state index contributed by atoms with van der Waals surface area (Å²) in [5, 5.41) is 3.37. The Morgan fingerprint density at radius 1 is 1.10 bits per heavy atom. The van der Waals surface area contributed by atoms with E-state index in [1.54, 1.807) is 0 Å². The molecule has 1 saturated carbocycles. The second-order valence-corrected chi connectivity index (χ2v) is 6.45. The molecule has 114 valence electrons. The molecule has 21 heavy (non-hydrogen) atoms. The molecule has 1 aromatic carbocycles. The Bertz CT molecular complexity index is 454. The van der Waals surface area contributed by atoms with Crippen molar-refractivity contribution < 1.29 is 9.53 Å². The number of carbonyl (C=O) groups excluding carboxylic acids is 1. The van der Waals surface area contributed by atoms with Crippen molar-refractivity contribution in [1.29, 1.82) is 0 Å². The lowest BCUT2D eigenvalue weighted by Gasteiger charge is -2.26. The summed E-state index contributed by atoms with van der Waals surface area (Å²) in [6.45, 7) is 1.36. The molecule has 1 aliphatic carbocycles. The largest absolute Gasteiger partial charge is 0.460 e. The van der Waals surface area contributed by atoms with E-state index >= 15 is 0 Å². The molecule has 3 heteroatoms. The first-order valence-corrected chi connectivity index (χ1v) is 8.27. The van der Waals surface area contributed by atoms with Gasteiger partial charge in [-0.25, -0.2) is 0 Å². The molecular weight excluding hydrogens is 262 g/mol. The highest BCUT2D eigenvalue weighted by Crippen LogP contribution is 2.34. The van der Waals surface area contributed by atoms with E-state index in [2.05, 4.69) is 5.32 Å². The maximum Gasteiger partial charge on any atom is 0.323 e. The maximum atomic E-state index is 12.2. The zero-order valence-electron chi connectivity index (χ0n) is 12.6. The van der Waals surface area contributed by atoms with Crippen LogP contribution in [0.25, 0.3) is 0 Å². The van der Waals surface area contributed by atoms with Gasteiger partial charge in [0.15, 0.2) is 0 Å². The lowest BCUT2D eigenvalue weighted by molar-refractivity contribution is -0.147. The summed E-state index contributed by atoms with van der Waals surface area (Å²) < 4.78 is 5.45. The Kier molecular flexibility index (Phi) is 4.91. The molecule has 0 radical (unpaired) electrons. The van der Waals surface area contributed by atoms with E-state index in [-0.39, 0.29) is 12.0 Å². The Balaban J connectivity index is 1.45. The first-order chi connectivity index (χ1) is 10.3. The highest BCUT2D eigenvalue weighted by molar-refractivity contribution is 5.76. The fraction of sp³-hybridized carbons (Fsp3) is 0.611. The van der Waals surface area contributed by atoms with Gasteiger partial charge in [0, 0.05) is 0 Å². The fourth-order valence-corrected chi connectivity index (χ4v) is 3.74. The minimum Gasteiger partial charge on any atom is -0.460 e. The smallest absolute Gasteiger partial charge is 0.323 e. The van der Waals surface area contributed by atoms with Crippen molar-refractivity contribution in [1.82, 2.24) is 5.32 Å². The monoisotopic (exact) mass is 287 g/mol. The highest BCUT2D eigenvalue weighted by atomic mass is 16.5. The summed E-state index contributed by atoms with van der Waals surface area (Å²) >= 11 is 0. The molecule has 2 fully saturated rings. The normalized spacial score (nSPS) is 26.7. The van der Waals surface area contributed by atoms with E-state index in [1.165, 1.54) is 32.1 Å².